The van der Waals surface area contributed by atoms with Crippen LogP contribution in [0.15, 0.2) is 64.5 Å². The minimum absolute atomic E-state index is 0.119. The Bertz CT molecular complexity index is 1200. The van der Waals surface area contributed by atoms with Crippen LogP contribution in [0.4, 0.5) is 10.1 Å². The van der Waals surface area contributed by atoms with E-state index in [0.717, 1.165) is 27.0 Å². The molecule has 8 heteroatoms. The van der Waals surface area contributed by atoms with Crippen LogP contribution in [0.3, 0.4) is 0 Å². The number of nitrogens with zero attached hydrogens (tertiary/aromatic N) is 4. The summed E-state index contributed by atoms with van der Waals surface area (Å²) in [5.74, 6) is 0.103. The molecule has 0 unspecified atom stereocenters. The maximum absolute atomic E-state index is 13.4. The van der Waals surface area contributed by atoms with Crippen LogP contribution in [0, 0.1) is 5.82 Å². The lowest BCUT2D eigenvalue weighted by Gasteiger charge is -2.15. The van der Waals surface area contributed by atoms with Gasteiger partial charge in [-0.15, -0.1) is 16.4 Å². The van der Waals surface area contributed by atoms with E-state index < -0.39 is 0 Å². The highest BCUT2D eigenvalue weighted by molar-refractivity contribution is 9.10. The van der Waals surface area contributed by atoms with Crippen molar-refractivity contribution >= 4 is 38.9 Å². The molecule has 0 atom stereocenters. The topological polar surface area (TPSA) is 51.0 Å². The van der Waals surface area contributed by atoms with E-state index in [0.29, 0.717) is 18.1 Å². The summed E-state index contributed by atoms with van der Waals surface area (Å²) in [4.78, 5) is 20.4. The number of thiophene rings is 1. The number of rotatable bonds is 3. The van der Waals surface area contributed by atoms with Gasteiger partial charge in [-0.1, -0.05) is 22.0 Å². The number of hydrogen-bond donors (Lipinski definition) is 0. The van der Waals surface area contributed by atoms with E-state index in [-0.39, 0.29) is 17.5 Å². The van der Waals surface area contributed by atoms with E-state index in [1.165, 1.54) is 23.5 Å². The molecule has 3 heterocycles. The van der Waals surface area contributed by atoms with E-state index in [1.807, 2.05) is 35.7 Å². The Kier molecular flexibility index (Phi) is 4.52. The zero-order valence-corrected chi connectivity index (χ0v) is 17.5. The molecule has 2 aromatic heterocycles. The standard InChI is InChI=1S/C21H14BrFN4OS/c22-14-3-8-17-13(12-14)9-10-26(17)21(28)19-24-20(18-2-1-11-29-18)27(25-19)16-6-4-15(23)5-7-16/h1-8,11-12H,9-10H2. The van der Waals surface area contributed by atoms with Crippen molar-refractivity contribution < 1.29 is 9.18 Å². The van der Waals surface area contributed by atoms with Crippen molar-refractivity contribution in [3.63, 3.8) is 0 Å². The third-order valence-corrected chi connectivity index (χ3v) is 6.15. The first-order valence-electron chi connectivity index (χ1n) is 8.97. The van der Waals surface area contributed by atoms with Crippen molar-refractivity contribution in [2.24, 2.45) is 0 Å². The summed E-state index contributed by atoms with van der Waals surface area (Å²) in [5, 5.41) is 6.43. The minimum Gasteiger partial charge on any atom is -0.305 e. The van der Waals surface area contributed by atoms with Gasteiger partial charge in [-0.3, -0.25) is 4.79 Å². The first-order chi connectivity index (χ1) is 14.1. The number of benzene rings is 2. The highest BCUT2D eigenvalue weighted by Crippen LogP contribution is 2.32. The van der Waals surface area contributed by atoms with Crippen molar-refractivity contribution in [1.29, 1.82) is 0 Å². The molecule has 1 aliphatic heterocycles. The molecule has 4 aromatic rings. The van der Waals surface area contributed by atoms with Crippen LogP contribution in [0.2, 0.25) is 0 Å². The zero-order valence-electron chi connectivity index (χ0n) is 15.0. The number of amides is 1. The van der Waals surface area contributed by atoms with Gasteiger partial charge >= 0.3 is 0 Å². The van der Waals surface area contributed by atoms with Gasteiger partial charge in [-0.25, -0.2) is 14.1 Å². The Morgan fingerprint density at radius 1 is 1.14 bits per heavy atom. The lowest BCUT2D eigenvalue weighted by Crippen LogP contribution is -2.30. The number of anilines is 1. The molecule has 29 heavy (non-hydrogen) atoms. The van der Waals surface area contributed by atoms with Crippen LogP contribution in [-0.4, -0.2) is 27.2 Å². The summed E-state index contributed by atoms with van der Waals surface area (Å²) < 4.78 is 16.0. The van der Waals surface area contributed by atoms with Crippen molar-refractivity contribution in [2.75, 3.05) is 11.4 Å². The molecule has 1 amide bonds. The van der Waals surface area contributed by atoms with Gasteiger partial charge < -0.3 is 4.90 Å². The molecule has 0 fully saturated rings. The summed E-state index contributed by atoms with van der Waals surface area (Å²) in [5.41, 5.74) is 2.64. The lowest BCUT2D eigenvalue weighted by atomic mass is 10.2. The number of aromatic nitrogens is 3. The summed E-state index contributed by atoms with van der Waals surface area (Å²) in [6.07, 6.45) is 0.789. The maximum atomic E-state index is 13.4. The molecule has 0 radical (unpaired) electrons. The van der Waals surface area contributed by atoms with Crippen LogP contribution in [-0.2, 0) is 6.42 Å². The zero-order chi connectivity index (χ0) is 20.0. The Balaban J connectivity index is 1.57. The van der Waals surface area contributed by atoms with Gasteiger partial charge in [0.15, 0.2) is 5.82 Å². The van der Waals surface area contributed by atoms with Crippen LogP contribution >= 0.6 is 27.3 Å². The van der Waals surface area contributed by atoms with E-state index in [1.54, 1.807) is 21.7 Å². The Morgan fingerprint density at radius 3 is 2.72 bits per heavy atom. The molecule has 144 valence electrons. The Labute approximate surface area is 178 Å². The molecule has 1 aliphatic rings. The third-order valence-electron chi connectivity index (χ3n) is 4.79. The number of hydrogen-bond acceptors (Lipinski definition) is 4. The monoisotopic (exact) mass is 468 g/mol. The predicted molar refractivity (Wildman–Crippen MR) is 114 cm³/mol. The molecule has 0 spiro atoms. The molecule has 0 saturated carbocycles. The van der Waals surface area contributed by atoms with Gasteiger partial charge in [-0.05, 0) is 65.9 Å². The number of carbonyl (C=O) groups excluding carboxylic acids is 1. The molecule has 5 nitrogen and oxygen atoms in total. The minimum atomic E-state index is -0.331. The summed E-state index contributed by atoms with van der Waals surface area (Å²) in [6.45, 7) is 0.587. The van der Waals surface area contributed by atoms with Gasteiger partial charge in [0, 0.05) is 16.7 Å². The van der Waals surface area contributed by atoms with Crippen LogP contribution in [0.25, 0.3) is 16.4 Å². The molecule has 0 bridgehead atoms. The normalized spacial score (nSPS) is 13.0. The molecule has 2 aromatic carbocycles. The van der Waals surface area contributed by atoms with Crippen LogP contribution in [0.5, 0.6) is 0 Å². The summed E-state index contributed by atoms with van der Waals surface area (Å²) in [7, 11) is 0. The third kappa shape index (κ3) is 3.28. The van der Waals surface area contributed by atoms with Crippen molar-refractivity contribution in [1.82, 2.24) is 14.8 Å². The van der Waals surface area contributed by atoms with Crippen molar-refractivity contribution in [2.45, 2.75) is 6.42 Å². The quantitative estimate of drug-likeness (QED) is 0.420. The Morgan fingerprint density at radius 2 is 1.97 bits per heavy atom. The smallest absolute Gasteiger partial charge is 0.297 e. The van der Waals surface area contributed by atoms with Crippen LogP contribution < -0.4 is 4.90 Å². The fourth-order valence-electron chi connectivity index (χ4n) is 3.43. The predicted octanol–water partition coefficient (Wildman–Crippen LogP) is 5.10. The van der Waals surface area contributed by atoms with E-state index >= 15 is 0 Å². The number of carbonyl (C=O) groups is 1. The Hall–Kier alpha value is -2.84. The van der Waals surface area contributed by atoms with E-state index in [4.69, 9.17) is 0 Å². The van der Waals surface area contributed by atoms with E-state index in [9.17, 15) is 9.18 Å². The molecular formula is C21H14BrFN4OS. The average molecular weight is 469 g/mol. The largest absolute Gasteiger partial charge is 0.305 e. The molecular weight excluding hydrogens is 455 g/mol. The SMILES string of the molecule is O=C(c1nc(-c2cccs2)n(-c2ccc(F)cc2)n1)N1CCc2cc(Br)ccc21. The highest BCUT2D eigenvalue weighted by Gasteiger charge is 2.29. The molecule has 0 aliphatic carbocycles. The second-order valence-corrected chi connectivity index (χ2v) is 8.47. The van der Waals surface area contributed by atoms with Gasteiger partial charge in [-0.2, -0.15) is 0 Å². The maximum Gasteiger partial charge on any atom is 0.297 e. The number of halogens is 2. The second-order valence-electron chi connectivity index (χ2n) is 6.60. The highest BCUT2D eigenvalue weighted by atomic mass is 79.9. The van der Waals surface area contributed by atoms with Crippen molar-refractivity contribution in [3.8, 4) is 16.4 Å². The average Bonchev–Trinajstić information content (AvgIpc) is 3.46. The van der Waals surface area contributed by atoms with Gasteiger partial charge in [0.05, 0.1) is 10.6 Å². The van der Waals surface area contributed by atoms with E-state index in [2.05, 4.69) is 26.0 Å². The molecule has 5 rings (SSSR count). The van der Waals surface area contributed by atoms with Crippen molar-refractivity contribution in [3.05, 3.63) is 81.7 Å². The van der Waals surface area contributed by atoms with Gasteiger partial charge in [0.1, 0.15) is 5.82 Å². The van der Waals surface area contributed by atoms with Crippen LogP contribution in [0.1, 0.15) is 16.2 Å². The first kappa shape index (κ1) is 18.2. The number of fused-ring (bicyclic) bond motifs is 1. The molecule has 0 saturated heterocycles. The summed E-state index contributed by atoms with van der Waals surface area (Å²) >= 11 is 4.98. The second kappa shape index (κ2) is 7.20. The summed E-state index contributed by atoms with van der Waals surface area (Å²) in [6, 6.07) is 15.7. The fraction of sp³-hybridized carbons (Fsp3) is 0.0952. The van der Waals surface area contributed by atoms with Gasteiger partial charge in [0.25, 0.3) is 5.91 Å². The lowest BCUT2D eigenvalue weighted by molar-refractivity contribution is 0.0979. The van der Waals surface area contributed by atoms with Gasteiger partial charge in [0.2, 0.25) is 5.82 Å². The first-order valence-corrected chi connectivity index (χ1v) is 10.6. The fourth-order valence-corrected chi connectivity index (χ4v) is 4.54. The molecule has 0 N–H and O–H groups in total.